The summed E-state index contributed by atoms with van der Waals surface area (Å²) in [5.74, 6) is 3.77. The van der Waals surface area contributed by atoms with Gasteiger partial charge in [0.1, 0.15) is 5.82 Å². The maximum Gasteiger partial charge on any atom is 0.257 e. The lowest BCUT2D eigenvalue weighted by Crippen LogP contribution is -2.38. The molecule has 0 saturated carbocycles. The number of likely N-dealkylation sites (N-methyl/N-ethyl adjacent to an activating group) is 2. The number of hydrogen-bond donors (Lipinski definition) is 2. The summed E-state index contributed by atoms with van der Waals surface area (Å²) in [6, 6.07) is 4.07. The van der Waals surface area contributed by atoms with E-state index >= 15 is 0 Å². The minimum atomic E-state index is -0.674. The first-order valence-electron chi connectivity index (χ1n) is 6.50. The van der Waals surface area contributed by atoms with E-state index in [-0.39, 0.29) is 24.6 Å². The predicted octanol–water partition coefficient (Wildman–Crippen LogP) is 0.344. The van der Waals surface area contributed by atoms with Crippen LogP contribution in [0.3, 0.4) is 0 Å². The van der Waals surface area contributed by atoms with Gasteiger partial charge < -0.3 is 16.0 Å². The van der Waals surface area contributed by atoms with Gasteiger partial charge in [-0.2, -0.15) is 0 Å². The highest BCUT2D eigenvalue weighted by Crippen LogP contribution is 2.12. The van der Waals surface area contributed by atoms with E-state index in [1.54, 1.807) is 13.0 Å². The summed E-state index contributed by atoms with van der Waals surface area (Å²) in [6.07, 6.45) is 0. The summed E-state index contributed by atoms with van der Waals surface area (Å²) in [4.78, 5) is 24.7. The third-order valence-electron chi connectivity index (χ3n) is 2.64. The zero-order valence-corrected chi connectivity index (χ0v) is 12.1. The van der Waals surface area contributed by atoms with Crippen molar-refractivity contribution < 1.29 is 14.0 Å². The van der Waals surface area contributed by atoms with Crippen LogP contribution in [0.25, 0.3) is 0 Å². The highest BCUT2D eigenvalue weighted by molar-refractivity contribution is 5.96. The zero-order valence-electron chi connectivity index (χ0n) is 12.1. The van der Waals surface area contributed by atoms with Crippen molar-refractivity contribution in [3.63, 3.8) is 0 Å². The lowest BCUT2D eigenvalue weighted by molar-refractivity contribution is -0.121. The molecule has 0 radical (unpaired) electrons. The molecule has 1 aromatic carbocycles. The topological polar surface area (TPSA) is 75.4 Å². The van der Waals surface area contributed by atoms with Gasteiger partial charge in [0.25, 0.3) is 5.91 Å². The SMILES string of the molecule is CCNC(=O)CN(C)C(=O)c1ccc(C#CCN)cc1F. The number of halogens is 1. The van der Waals surface area contributed by atoms with Crippen LogP contribution in [-0.4, -0.2) is 43.4 Å². The molecule has 2 amide bonds. The molecule has 0 spiro atoms. The van der Waals surface area contributed by atoms with Crippen LogP contribution in [0.5, 0.6) is 0 Å². The van der Waals surface area contributed by atoms with Crippen molar-refractivity contribution in [1.29, 1.82) is 0 Å². The Hall–Kier alpha value is -2.39. The van der Waals surface area contributed by atoms with Crippen LogP contribution in [0.15, 0.2) is 18.2 Å². The van der Waals surface area contributed by atoms with Gasteiger partial charge in [-0.1, -0.05) is 11.8 Å². The number of rotatable bonds is 4. The molecule has 1 aromatic rings. The molecule has 0 aliphatic rings. The molecule has 6 heteroatoms. The Labute approximate surface area is 123 Å². The van der Waals surface area contributed by atoms with E-state index in [9.17, 15) is 14.0 Å². The molecule has 112 valence electrons. The first-order valence-corrected chi connectivity index (χ1v) is 6.50. The zero-order chi connectivity index (χ0) is 15.8. The molecule has 1 rings (SSSR count). The third-order valence-corrected chi connectivity index (χ3v) is 2.64. The lowest BCUT2D eigenvalue weighted by Gasteiger charge is -2.17. The van der Waals surface area contributed by atoms with Crippen LogP contribution in [-0.2, 0) is 4.79 Å². The molecule has 0 fully saturated rings. The van der Waals surface area contributed by atoms with Gasteiger partial charge in [-0.3, -0.25) is 9.59 Å². The van der Waals surface area contributed by atoms with Crippen molar-refractivity contribution in [1.82, 2.24) is 10.2 Å². The fourth-order valence-electron chi connectivity index (χ4n) is 1.67. The average molecular weight is 291 g/mol. The molecule has 0 heterocycles. The molecule has 0 saturated heterocycles. The number of hydrogen-bond acceptors (Lipinski definition) is 3. The van der Waals surface area contributed by atoms with E-state index in [1.807, 2.05) is 0 Å². The maximum absolute atomic E-state index is 13.9. The summed E-state index contributed by atoms with van der Waals surface area (Å²) in [7, 11) is 1.44. The van der Waals surface area contributed by atoms with Gasteiger partial charge in [-0.15, -0.1) is 0 Å². The highest BCUT2D eigenvalue weighted by Gasteiger charge is 2.18. The number of benzene rings is 1. The third kappa shape index (κ3) is 4.89. The van der Waals surface area contributed by atoms with Crippen molar-refractivity contribution in [3.05, 3.63) is 35.1 Å². The fourth-order valence-corrected chi connectivity index (χ4v) is 1.67. The minimum Gasteiger partial charge on any atom is -0.355 e. The molecule has 0 aliphatic heterocycles. The monoisotopic (exact) mass is 291 g/mol. The number of carbonyl (C=O) groups is 2. The average Bonchev–Trinajstić information content (AvgIpc) is 2.44. The Kier molecular flexibility index (Phi) is 6.37. The summed E-state index contributed by atoms with van der Waals surface area (Å²) < 4.78 is 13.9. The molecular weight excluding hydrogens is 273 g/mol. The van der Waals surface area contributed by atoms with Crippen LogP contribution in [0.4, 0.5) is 4.39 Å². The molecule has 21 heavy (non-hydrogen) atoms. The quantitative estimate of drug-likeness (QED) is 0.786. The standard InChI is InChI=1S/C15H18FN3O2/c1-3-18-14(20)10-19(2)15(21)12-7-6-11(5-4-8-17)9-13(12)16/h6-7,9H,3,8,10,17H2,1-2H3,(H,18,20). The lowest BCUT2D eigenvalue weighted by atomic mass is 10.1. The number of nitrogens with zero attached hydrogens (tertiary/aromatic N) is 1. The maximum atomic E-state index is 13.9. The molecular formula is C15H18FN3O2. The van der Waals surface area contributed by atoms with Crippen molar-refractivity contribution in [2.24, 2.45) is 5.73 Å². The van der Waals surface area contributed by atoms with E-state index in [4.69, 9.17) is 5.73 Å². The van der Waals surface area contributed by atoms with Gasteiger partial charge >= 0.3 is 0 Å². The van der Waals surface area contributed by atoms with Gasteiger partial charge in [0.2, 0.25) is 5.91 Å². The second-order valence-corrected chi connectivity index (χ2v) is 4.32. The first kappa shape index (κ1) is 16.7. The van der Waals surface area contributed by atoms with Crippen molar-refractivity contribution >= 4 is 11.8 Å². The second kappa shape index (κ2) is 8.02. The number of nitrogens with two attached hydrogens (primary N) is 1. The van der Waals surface area contributed by atoms with Gasteiger partial charge in [0, 0.05) is 19.2 Å². The van der Waals surface area contributed by atoms with Crippen LogP contribution >= 0.6 is 0 Å². The molecule has 0 bridgehead atoms. The van der Waals surface area contributed by atoms with Crippen molar-refractivity contribution in [3.8, 4) is 11.8 Å². The number of nitrogens with one attached hydrogen (secondary N) is 1. The van der Waals surface area contributed by atoms with Gasteiger partial charge in [0.15, 0.2) is 0 Å². The van der Waals surface area contributed by atoms with E-state index in [1.165, 1.54) is 19.2 Å². The number of carbonyl (C=O) groups excluding carboxylic acids is 2. The Bertz CT molecular complexity index is 590. The van der Waals surface area contributed by atoms with Crippen LogP contribution in [0.2, 0.25) is 0 Å². The molecule has 3 N–H and O–H groups in total. The Morgan fingerprint density at radius 2 is 2.14 bits per heavy atom. The fraction of sp³-hybridized carbons (Fsp3) is 0.333. The predicted molar refractivity (Wildman–Crippen MR) is 78.0 cm³/mol. The van der Waals surface area contributed by atoms with E-state index in [0.29, 0.717) is 12.1 Å². The molecule has 0 atom stereocenters. The Morgan fingerprint density at radius 3 is 2.71 bits per heavy atom. The van der Waals surface area contributed by atoms with Gasteiger partial charge in [-0.05, 0) is 25.1 Å². The first-order chi connectivity index (χ1) is 9.99. The van der Waals surface area contributed by atoms with Crippen molar-refractivity contribution in [2.75, 3.05) is 26.7 Å². The summed E-state index contributed by atoms with van der Waals surface area (Å²) in [5.41, 5.74) is 5.59. The molecule has 5 nitrogen and oxygen atoms in total. The number of amides is 2. The second-order valence-electron chi connectivity index (χ2n) is 4.32. The molecule has 0 aromatic heterocycles. The minimum absolute atomic E-state index is 0.0971. The van der Waals surface area contributed by atoms with Crippen LogP contribution in [0.1, 0.15) is 22.8 Å². The summed E-state index contributed by atoms with van der Waals surface area (Å²) >= 11 is 0. The van der Waals surface area contributed by atoms with Gasteiger partial charge in [-0.25, -0.2) is 4.39 Å². The smallest absolute Gasteiger partial charge is 0.257 e. The molecule has 0 unspecified atom stereocenters. The van der Waals surface area contributed by atoms with E-state index < -0.39 is 11.7 Å². The van der Waals surface area contributed by atoms with Crippen molar-refractivity contribution in [2.45, 2.75) is 6.92 Å². The van der Waals surface area contributed by atoms with Crippen LogP contribution < -0.4 is 11.1 Å². The largest absolute Gasteiger partial charge is 0.355 e. The van der Waals surface area contributed by atoms with E-state index in [0.717, 1.165) is 4.90 Å². The Morgan fingerprint density at radius 1 is 1.43 bits per heavy atom. The normalized spacial score (nSPS) is 9.52. The van der Waals surface area contributed by atoms with Gasteiger partial charge in [0.05, 0.1) is 18.7 Å². The van der Waals surface area contributed by atoms with E-state index in [2.05, 4.69) is 17.2 Å². The summed E-state index contributed by atoms with van der Waals surface area (Å²) in [5, 5.41) is 2.57. The highest BCUT2D eigenvalue weighted by atomic mass is 19.1. The van der Waals surface area contributed by atoms with Crippen LogP contribution in [0, 0.1) is 17.7 Å². The molecule has 0 aliphatic carbocycles. The Balaban J connectivity index is 2.85. The summed E-state index contributed by atoms with van der Waals surface area (Å²) in [6.45, 7) is 2.31.